The highest BCUT2D eigenvalue weighted by Crippen LogP contribution is 2.20. The van der Waals surface area contributed by atoms with E-state index in [9.17, 15) is 14.9 Å². The van der Waals surface area contributed by atoms with Gasteiger partial charge in [-0.1, -0.05) is 11.3 Å². The van der Waals surface area contributed by atoms with Crippen LogP contribution in [-0.2, 0) is 0 Å². The largest absolute Gasteiger partial charge is 0.333 e. The van der Waals surface area contributed by atoms with Crippen molar-refractivity contribution in [3.05, 3.63) is 46.3 Å². The number of nitrogens with two attached hydrogens (primary N) is 1. The zero-order valence-electron chi connectivity index (χ0n) is 12.3. The van der Waals surface area contributed by atoms with Crippen LogP contribution in [-0.4, -0.2) is 49.9 Å². The monoisotopic (exact) mass is 316 g/mol. The van der Waals surface area contributed by atoms with Crippen molar-refractivity contribution in [2.45, 2.75) is 18.9 Å². The number of benzene rings is 1. The fourth-order valence-electron chi connectivity index (χ4n) is 2.73. The lowest BCUT2D eigenvalue weighted by Crippen LogP contribution is -2.40. The standard InChI is InChI=1S/C14H16N6O3/c15-8-12-5-2-6-18(12)14(21)13-9-19(17-16-13)10-3-1-4-11(7-10)20(22)23/h1,3-4,7,9,12H,2,5-6,8,15H2. The van der Waals surface area contributed by atoms with Gasteiger partial charge in [0.05, 0.1) is 16.8 Å². The van der Waals surface area contributed by atoms with Gasteiger partial charge in [0, 0.05) is 31.3 Å². The molecule has 9 heteroatoms. The number of carbonyl (C=O) groups is 1. The van der Waals surface area contributed by atoms with Crippen molar-refractivity contribution in [3.63, 3.8) is 0 Å². The molecule has 0 saturated carbocycles. The Hall–Kier alpha value is -2.81. The minimum Gasteiger partial charge on any atom is -0.333 e. The Morgan fingerprint density at radius 2 is 2.30 bits per heavy atom. The normalized spacial score (nSPS) is 17.4. The second-order valence-corrected chi connectivity index (χ2v) is 5.36. The molecule has 1 aliphatic heterocycles. The summed E-state index contributed by atoms with van der Waals surface area (Å²) in [5, 5.41) is 18.6. The molecule has 23 heavy (non-hydrogen) atoms. The molecule has 1 unspecified atom stereocenters. The molecule has 0 bridgehead atoms. The van der Waals surface area contributed by atoms with Crippen molar-refractivity contribution in [2.24, 2.45) is 5.73 Å². The molecule has 2 N–H and O–H groups in total. The summed E-state index contributed by atoms with van der Waals surface area (Å²) >= 11 is 0. The molecule has 1 aliphatic rings. The van der Waals surface area contributed by atoms with E-state index < -0.39 is 4.92 Å². The Morgan fingerprint density at radius 3 is 3.04 bits per heavy atom. The Labute approximate surface area is 131 Å². The fourth-order valence-corrected chi connectivity index (χ4v) is 2.73. The van der Waals surface area contributed by atoms with Crippen molar-refractivity contribution in [3.8, 4) is 5.69 Å². The molecule has 2 heterocycles. The van der Waals surface area contributed by atoms with Gasteiger partial charge >= 0.3 is 0 Å². The zero-order chi connectivity index (χ0) is 16.4. The molecule has 9 nitrogen and oxygen atoms in total. The number of non-ortho nitro benzene ring substituents is 1. The first kappa shape index (κ1) is 15.1. The van der Waals surface area contributed by atoms with Crippen LogP contribution < -0.4 is 5.73 Å². The summed E-state index contributed by atoms with van der Waals surface area (Å²) in [7, 11) is 0. The van der Waals surface area contributed by atoms with Crippen LogP contribution >= 0.6 is 0 Å². The number of amides is 1. The molecule has 2 aromatic rings. The van der Waals surface area contributed by atoms with E-state index >= 15 is 0 Å². The van der Waals surface area contributed by atoms with Crippen molar-refractivity contribution >= 4 is 11.6 Å². The number of nitrogens with zero attached hydrogens (tertiary/aromatic N) is 5. The molecule has 3 rings (SSSR count). The lowest BCUT2D eigenvalue weighted by Gasteiger charge is -2.22. The number of nitro groups is 1. The van der Waals surface area contributed by atoms with Gasteiger partial charge in [0.1, 0.15) is 0 Å². The third-order valence-electron chi connectivity index (χ3n) is 3.93. The minimum absolute atomic E-state index is 0.0328. The highest BCUT2D eigenvalue weighted by Gasteiger charge is 2.29. The summed E-state index contributed by atoms with van der Waals surface area (Å²) in [5.74, 6) is -0.213. The van der Waals surface area contributed by atoms with E-state index in [1.165, 1.54) is 23.0 Å². The molecule has 1 aromatic heterocycles. The zero-order valence-corrected chi connectivity index (χ0v) is 12.3. The van der Waals surface area contributed by atoms with Crippen LogP contribution in [0, 0.1) is 10.1 Å². The van der Waals surface area contributed by atoms with Crippen LogP contribution in [0.4, 0.5) is 5.69 Å². The van der Waals surface area contributed by atoms with E-state index in [-0.39, 0.29) is 23.3 Å². The number of hydrogen-bond acceptors (Lipinski definition) is 6. The molecule has 0 spiro atoms. The topological polar surface area (TPSA) is 120 Å². The highest BCUT2D eigenvalue weighted by molar-refractivity contribution is 5.92. The van der Waals surface area contributed by atoms with Gasteiger partial charge in [0.15, 0.2) is 5.69 Å². The van der Waals surface area contributed by atoms with Gasteiger partial charge in [-0.15, -0.1) is 5.10 Å². The summed E-state index contributed by atoms with van der Waals surface area (Å²) in [6.45, 7) is 1.08. The summed E-state index contributed by atoms with van der Waals surface area (Å²) < 4.78 is 1.35. The summed E-state index contributed by atoms with van der Waals surface area (Å²) in [4.78, 5) is 24.5. The van der Waals surface area contributed by atoms with Gasteiger partial charge in [0.2, 0.25) is 0 Å². The van der Waals surface area contributed by atoms with Gasteiger partial charge in [-0.25, -0.2) is 4.68 Å². The molecule has 1 aromatic carbocycles. The minimum atomic E-state index is -0.484. The Morgan fingerprint density at radius 1 is 1.48 bits per heavy atom. The Kier molecular flexibility index (Phi) is 4.02. The van der Waals surface area contributed by atoms with E-state index in [4.69, 9.17) is 5.73 Å². The number of rotatable bonds is 4. The maximum absolute atomic E-state index is 12.5. The summed E-state index contributed by atoms with van der Waals surface area (Å²) in [5.41, 5.74) is 6.31. The molecule has 1 amide bonds. The van der Waals surface area contributed by atoms with Gasteiger partial charge < -0.3 is 10.6 Å². The van der Waals surface area contributed by atoms with Gasteiger partial charge in [0.25, 0.3) is 11.6 Å². The van der Waals surface area contributed by atoms with Crippen LogP contribution in [0.3, 0.4) is 0 Å². The first-order valence-corrected chi connectivity index (χ1v) is 7.28. The van der Waals surface area contributed by atoms with Crippen molar-refractivity contribution in [1.82, 2.24) is 19.9 Å². The first-order chi connectivity index (χ1) is 11.1. The van der Waals surface area contributed by atoms with Crippen molar-refractivity contribution in [2.75, 3.05) is 13.1 Å². The second kappa shape index (κ2) is 6.13. The van der Waals surface area contributed by atoms with Gasteiger partial charge in [-0.05, 0) is 18.9 Å². The summed E-state index contributed by atoms with van der Waals surface area (Å²) in [6.07, 6.45) is 3.29. The molecule has 1 atom stereocenters. The van der Waals surface area contributed by atoms with Crippen molar-refractivity contribution < 1.29 is 9.72 Å². The van der Waals surface area contributed by atoms with Gasteiger partial charge in [-0.2, -0.15) is 0 Å². The second-order valence-electron chi connectivity index (χ2n) is 5.36. The number of aromatic nitrogens is 3. The van der Waals surface area contributed by atoms with Crippen molar-refractivity contribution in [1.29, 1.82) is 0 Å². The van der Waals surface area contributed by atoms with E-state index in [1.54, 1.807) is 17.0 Å². The van der Waals surface area contributed by atoms with Gasteiger partial charge in [-0.3, -0.25) is 14.9 Å². The van der Waals surface area contributed by atoms with Crippen LogP contribution in [0.1, 0.15) is 23.3 Å². The maximum atomic E-state index is 12.5. The average molecular weight is 316 g/mol. The average Bonchev–Trinajstić information content (AvgIpc) is 3.23. The lowest BCUT2D eigenvalue weighted by atomic mass is 10.2. The predicted octanol–water partition coefficient (Wildman–Crippen LogP) is 0.739. The van der Waals surface area contributed by atoms with Crippen LogP contribution in [0.2, 0.25) is 0 Å². The predicted molar refractivity (Wildman–Crippen MR) is 81.1 cm³/mol. The molecular formula is C14H16N6O3. The van der Waals surface area contributed by atoms with E-state index in [2.05, 4.69) is 10.3 Å². The number of carbonyl (C=O) groups excluding carboxylic acids is 1. The third-order valence-corrected chi connectivity index (χ3v) is 3.93. The van der Waals surface area contributed by atoms with E-state index in [0.717, 1.165) is 12.8 Å². The Balaban J connectivity index is 1.84. The number of likely N-dealkylation sites (tertiary alicyclic amines) is 1. The van der Waals surface area contributed by atoms with E-state index in [0.29, 0.717) is 18.8 Å². The summed E-state index contributed by atoms with van der Waals surface area (Å²) in [6, 6.07) is 6.02. The van der Waals surface area contributed by atoms with Crippen LogP contribution in [0.25, 0.3) is 5.69 Å². The fraction of sp³-hybridized carbons (Fsp3) is 0.357. The smallest absolute Gasteiger partial charge is 0.276 e. The quantitative estimate of drug-likeness (QED) is 0.656. The van der Waals surface area contributed by atoms with Crippen LogP contribution in [0.5, 0.6) is 0 Å². The molecule has 1 saturated heterocycles. The lowest BCUT2D eigenvalue weighted by molar-refractivity contribution is -0.384. The highest BCUT2D eigenvalue weighted by atomic mass is 16.6. The molecule has 1 fully saturated rings. The third kappa shape index (κ3) is 2.90. The molecular weight excluding hydrogens is 300 g/mol. The molecule has 0 radical (unpaired) electrons. The molecule has 120 valence electrons. The number of hydrogen-bond donors (Lipinski definition) is 1. The molecule has 0 aliphatic carbocycles. The van der Waals surface area contributed by atoms with E-state index in [1.807, 2.05) is 0 Å². The SMILES string of the molecule is NCC1CCCN1C(=O)c1cn(-c2cccc([N+](=O)[O-])c2)nn1. The Bertz CT molecular complexity index is 744. The maximum Gasteiger partial charge on any atom is 0.276 e. The van der Waals surface area contributed by atoms with Crippen LogP contribution in [0.15, 0.2) is 30.5 Å². The first-order valence-electron chi connectivity index (χ1n) is 7.28. The number of nitro benzene ring substituents is 1.